The number of hydrogen-bond donors (Lipinski definition) is 0. The average molecular weight is 276 g/mol. The lowest BCUT2D eigenvalue weighted by Crippen LogP contribution is -2.09. The molecule has 0 bridgehead atoms. The van der Waals surface area contributed by atoms with Crippen molar-refractivity contribution < 1.29 is 28.6 Å². The smallest absolute Gasteiger partial charge is 0.302 e. The Morgan fingerprint density at radius 2 is 1.05 bits per heavy atom. The van der Waals surface area contributed by atoms with Gasteiger partial charge < -0.3 is 14.2 Å². The zero-order chi connectivity index (χ0) is 15.3. The van der Waals surface area contributed by atoms with Crippen LogP contribution in [0.15, 0.2) is 0 Å². The Kier molecular flexibility index (Phi) is 13.4. The summed E-state index contributed by atoms with van der Waals surface area (Å²) in [4.78, 5) is 30.5. The van der Waals surface area contributed by atoms with Crippen molar-refractivity contribution in [3.8, 4) is 0 Å². The maximum atomic E-state index is 10.2. The van der Waals surface area contributed by atoms with Gasteiger partial charge in [0, 0.05) is 20.8 Å². The van der Waals surface area contributed by atoms with Crippen LogP contribution in [-0.2, 0) is 28.6 Å². The van der Waals surface area contributed by atoms with Crippen molar-refractivity contribution in [2.45, 2.75) is 41.0 Å². The molecular weight excluding hydrogens is 252 g/mol. The Bertz CT molecular complexity index is 256. The summed E-state index contributed by atoms with van der Waals surface area (Å²) in [5, 5.41) is 0. The van der Waals surface area contributed by atoms with Gasteiger partial charge in [0.2, 0.25) is 0 Å². The first-order valence-electron chi connectivity index (χ1n) is 6.15. The number of hydrogen-bond acceptors (Lipinski definition) is 6. The third kappa shape index (κ3) is 26.2. The third-order valence-electron chi connectivity index (χ3n) is 1.69. The van der Waals surface area contributed by atoms with Crippen LogP contribution in [0.5, 0.6) is 0 Å². The summed E-state index contributed by atoms with van der Waals surface area (Å²) in [6.07, 6.45) is 0.958. The summed E-state index contributed by atoms with van der Waals surface area (Å²) in [5.41, 5.74) is 0. The molecule has 0 aromatic rings. The molecule has 0 fully saturated rings. The van der Waals surface area contributed by atoms with Crippen molar-refractivity contribution in [1.82, 2.24) is 0 Å². The molecule has 6 nitrogen and oxygen atoms in total. The number of ether oxygens (including phenoxy) is 3. The predicted molar refractivity (Wildman–Crippen MR) is 69.4 cm³/mol. The molecule has 0 aromatic carbocycles. The first-order chi connectivity index (χ1) is 8.75. The molecule has 0 aliphatic rings. The Morgan fingerprint density at radius 1 is 0.737 bits per heavy atom. The molecule has 0 aromatic heterocycles. The molecule has 19 heavy (non-hydrogen) atoms. The predicted octanol–water partition coefficient (Wildman–Crippen LogP) is 1.71. The minimum Gasteiger partial charge on any atom is -0.466 e. The van der Waals surface area contributed by atoms with Gasteiger partial charge in [-0.3, -0.25) is 14.4 Å². The third-order valence-corrected chi connectivity index (χ3v) is 1.69. The zero-order valence-corrected chi connectivity index (χ0v) is 12.4. The summed E-state index contributed by atoms with van der Waals surface area (Å²) in [5.74, 6) is -0.306. The van der Waals surface area contributed by atoms with Crippen molar-refractivity contribution in [2.24, 2.45) is 5.92 Å². The van der Waals surface area contributed by atoms with Crippen LogP contribution in [0.25, 0.3) is 0 Å². The van der Waals surface area contributed by atoms with Crippen molar-refractivity contribution in [3.05, 3.63) is 0 Å². The van der Waals surface area contributed by atoms with E-state index in [2.05, 4.69) is 23.3 Å². The Hall–Kier alpha value is -1.59. The van der Waals surface area contributed by atoms with E-state index in [4.69, 9.17) is 4.74 Å². The highest BCUT2D eigenvalue weighted by Crippen LogP contribution is 1.98. The molecule has 0 spiro atoms. The summed E-state index contributed by atoms with van der Waals surface area (Å²) < 4.78 is 13.7. The topological polar surface area (TPSA) is 78.9 Å². The Balaban J connectivity index is 0. The van der Waals surface area contributed by atoms with Gasteiger partial charge in [-0.2, -0.15) is 0 Å². The van der Waals surface area contributed by atoms with E-state index >= 15 is 0 Å². The van der Waals surface area contributed by atoms with E-state index in [1.165, 1.54) is 20.8 Å². The van der Waals surface area contributed by atoms with Gasteiger partial charge in [0.05, 0.1) is 6.61 Å². The van der Waals surface area contributed by atoms with Crippen molar-refractivity contribution >= 4 is 17.9 Å². The second-order valence-electron chi connectivity index (χ2n) is 4.20. The summed E-state index contributed by atoms with van der Waals surface area (Å²) in [6.45, 7) is 9.06. The van der Waals surface area contributed by atoms with Gasteiger partial charge in [-0.25, -0.2) is 0 Å². The lowest BCUT2D eigenvalue weighted by molar-refractivity contribution is -0.149. The highest BCUT2D eigenvalue weighted by molar-refractivity contribution is 5.66. The average Bonchev–Trinajstić information content (AvgIpc) is 2.23. The largest absolute Gasteiger partial charge is 0.466 e. The highest BCUT2D eigenvalue weighted by atomic mass is 16.6. The number of esters is 3. The zero-order valence-electron chi connectivity index (χ0n) is 12.4. The van der Waals surface area contributed by atoms with Crippen LogP contribution in [-0.4, -0.2) is 37.7 Å². The van der Waals surface area contributed by atoms with E-state index in [9.17, 15) is 14.4 Å². The maximum absolute atomic E-state index is 10.2. The highest BCUT2D eigenvalue weighted by Gasteiger charge is 1.95. The molecule has 0 rings (SSSR count). The Morgan fingerprint density at radius 3 is 1.32 bits per heavy atom. The van der Waals surface area contributed by atoms with Gasteiger partial charge in [-0.15, -0.1) is 0 Å². The minimum absolute atomic E-state index is 0.134. The van der Waals surface area contributed by atoms with Crippen LogP contribution in [0, 0.1) is 5.92 Å². The van der Waals surface area contributed by atoms with Gasteiger partial charge >= 0.3 is 17.9 Å². The number of carbonyl (C=O) groups excluding carboxylic acids is 3. The van der Waals surface area contributed by atoms with Gasteiger partial charge in [-0.05, 0) is 12.3 Å². The van der Waals surface area contributed by atoms with Crippen LogP contribution in [0.2, 0.25) is 0 Å². The second kappa shape index (κ2) is 12.9. The molecule has 0 saturated heterocycles. The lowest BCUT2D eigenvalue weighted by Gasteiger charge is -2.02. The van der Waals surface area contributed by atoms with E-state index < -0.39 is 0 Å². The van der Waals surface area contributed by atoms with E-state index in [-0.39, 0.29) is 31.1 Å². The van der Waals surface area contributed by atoms with Crippen LogP contribution >= 0.6 is 0 Å². The fourth-order valence-corrected chi connectivity index (χ4v) is 0.809. The summed E-state index contributed by atoms with van der Waals surface area (Å²) in [7, 11) is 0. The van der Waals surface area contributed by atoms with Gasteiger partial charge in [-0.1, -0.05) is 13.8 Å². The van der Waals surface area contributed by atoms with Gasteiger partial charge in [0.15, 0.2) is 0 Å². The normalized spacial score (nSPS) is 9.16. The molecule has 0 unspecified atom stereocenters. The molecule has 0 N–H and O–H groups in total. The van der Waals surface area contributed by atoms with E-state index in [1.807, 2.05) is 0 Å². The molecule has 0 aliphatic heterocycles. The van der Waals surface area contributed by atoms with Gasteiger partial charge in [0.25, 0.3) is 0 Å². The molecule has 0 saturated carbocycles. The van der Waals surface area contributed by atoms with Crippen LogP contribution in [0.3, 0.4) is 0 Å². The molecule has 0 heterocycles. The summed E-state index contributed by atoms with van der Waals surface area (Å²) in [6, 6.07) is 0. The molecule has 0 atom stereocenters. The van der Waals surface area contributed by atoms with Crippen molar-refractivity contribution in [1.29, 1.82) is 0 Å². The Labute approximate surface area is 114 Å². The van der Waals surface area contributed by atoms with E-state index in [0.29, 0.717) is 12.5 Å². The standard InChI is InChI=1S/C7H14O2.C6H10O4/c1-6(2)4-5-9-7(3)8;1-5(7)9-3-4-10-6(2)8/h6H,4-5H2,1-3H3;3-4H2,1-2H3. The lowest BCUT2D eigenvalue weighted by atomic mass is 10.1. The number of carbonyl (C=O) groups is 3. The SMILES string of the molecule is CC(=O)OCCC(C)C.CC(=O)OCCOC(C)=O. The molecule has 0 radical (unpaired) electrons. The second-order valence-corrected chi connectivity index (χ2v) is 4.20. The molecule has 6 heteroatoms. The van der Waals surface area contributed by atoms with E-state index in [0.717, 1.165) is 6.42 Å². The fourth-order valence-electron chi connectivity index (χ4n) is 0.809. The molecule has 112 valence electrons. The van der Waals surface area contributed by atoms with Gasteiger partial charge in [0.1, 0.15) is 13.2 Å². The molecule has 0 amide bonds. The monoisotopic (exact) mass is 276 g/mol. The van der Waals surface area contributed by atoms with Crippen LogP contribution in [0.4, 0.5) is 0 Å². The number of rotatable bonds is 6. The minimum atomic E-state index is -0.368. The fraction of sp³-hybridized carbons (Fsp3) is 0.769. The first-order valence-corrected chi connectivity index (χ1v) is 6.15. The molecular formula is C13H24O6. The van der Waals surface area contributed by atoms with Crippen LogP contribution in [0.1, 0.15) is 41.0 Å². The van der Waals surface area contributed by atoms with Crippen molar-refractivity contribution in [2.75, 3.05) is 19.8 Å². The maximum Gasteiger partial charge on any atom is 0.302 e. The van der Waals surface area contributed by atoms with Crippen LogP contribution < -0.4 is 0 Å². The van der Waals surface area contributed by atoms with Crippen molar-refractivity contribution in [3.63, 3.8) is 0 Å². The molecule has 0 aliphatic carbocycles. The van der Waals surface area contributed by atoms with E-state index in [1.54, 1.807) is 0 Å². The quantitative estimate of drug-likeness (QED) is 0.417. The first kappa shape index (κ1) is 19.7. The summed E-state index contributed by atoms with van der Waals surface area (Å²) >= 11 is 0.